The number of aromatic nitrogens is 2. The van der Waals surface area contributed by atoms with Crippen molar-refractivity contribution in [2.24, 2.45) is 5.41 Å². The van der Waals surface area contributed by atoms with Crippen molar-refractivity contribution in [3.8, 4) is 11.4 Å². The lowest BCUT2D eigenvalue weighted by molar-refractivity contribution is -0.136. The van der Waals surface area contributed by atoms with E-state index in [9.17, 15) is 23.9 Å². The molecule has 10 nitrogen and oxygen atoms in total. The number of carbonyl (C=O) groups excluding carboxylic acids is 3. The molecule has 208 valence electrons. The monoisotopic (exact) mass is 547 g/mol. The van der Waals surface area contributed by atoms with Crippen LogP contribution in [0.5, 0.6) is 0 Å². The third-order valence-electron chi connectivity index (χ3n) is 8.57. The lowest BCUT2D eigenvalue weighted by Gasteiger charge is -2.50. The highest BCUT2D eigenvalue weighted by molar-refractivity contribution is 6.05. The Morgan fingerprint density at radius 3 is 2.65 bits per heavy atom. The standard InChI is InChI=1S/C29H30FN5O5/c1-28(2)15-34(13-17-3-5-21(22(30)11-17)25-31-16-40-33-25)10-9-29(28,39)19-4-6-20-18(12-19)14-35(27(20)38)23-7-8-24(36)32-26(23)37/h3-6,11-12,16,23,39H,7-10,13-15H2,1-2H3,(H,32,36,37)/t23-,29-/m0/s1. The van der Waals surface area contributed by atoms with E-state index in [0.29, 0.717) is 38.0 Å². The lowest BCUT2D eigenvalue weighted by atomic mass is 9.66. The Morgan fingerprint density at radius 1 is 1.15 bits per heavy atom. The zero-order chi connectivity index (χ0) is 28.2. The van der Waals surface area contributed by atoms with Crippen molar-refractivity contribution in [2.75, 3.05) is 13.1 Å². The van der Waals surface area contributed by atoms with Crippen molar-refractivity contribution in [3.05, 3.63) is 70.9 Å². The SMILES string of the molecule is CC1(C)CN(Cc2ccc(-c3ncon3)c(F)c2)CC[C@]1(O)c1ccc2c(c1)CN([C@H]1CCC(=O)NC1=O)C2=O. The number of imide groups is 1. The zero-order valence-electron chi connectivity index (χ0n) is 22.3. The van der Waals surface area contributed by atoms with Gasteiger partial charge in [0, 0.05) is 43.6 Å². The number of fused-ring (bicyclic) bond motifs is 1. The molecule has 0 bridgehead atoms. The van der Waals surface area contributed by atoms with Gasteiger partial charge < -0.3 is 14.5 Å². The van der Waals surface area contributed by atoms with Crippen LogP contribution in [0.15, 0.2) is 47.3 Å². The highest BCUT2D eigenvalue weighted by Gasteiger charge is 2.49. The fourth-order valence-corrected chi connectivity index (χ4v) is 6.31. The maximum Gasteiger partial charge on any atom is 0.255 e. The van der Waals surface area contributed by atoms with E-state index in [4.69, 9.17) is 4.52 Å². The summed E-state index contributed by atoms with van der Waals surface area (Å²) in [6.45, 7) is 5.94. The first-order chi connectivity index (χ1) is 19.1. The van der Waals surface area contributed by atoms with Gasteiger partial charge in [0.05, 0.1) is 11.2 Å². The summed E-state index contributed by atoms with van der Waals surface area (Å²) in [7, 11) is 0. The molecule has 2 fully saturated rings. The van der Waals surface area contributed by atoms with Gasteiger partial charge in [0.1, 0.15) is 11.9 Å². The van der Waals surface area contributed by atoms with Gasteiger partial charge in [-0.1, -0.05) is 37.2 Å². The van der Waals surface area contributed by atoms with E-state index in [0.717, 1.165) is 23.1 Å². The van der Waals surface area contributed by atoms with Gasteiger partial charge in [-0.3, -0.25) is 24.6 Å². The molecule has 3 aliphatic heterocycles. The summed E-state index contributed by atoms with van der Waals surface area (Å²) in [6, 6.07) is 9.68. The maximum absolute atomic E-state index is 14.7. The van der Waals surface area contributed by atoms with Crippen molar-refractivity contribution >= 4 is 17.7 Å². The summed E-state index contributed by atoms with van der Waals surface area (Å²) < 4.78 is 19.5. The molecule has 2 N–H and O–H groups in total. The van der Waals surface area contributed by atoms with Crippen LogP contribution in [0.4, 0.5) is 4.39 Å². The summed E-state index contributed by atoms with van der Waals surface area (Å²) in [5, 5.41) is 18.0. The highest BCUT2D eigenvalue weighted by Crippen LogP contribution is 2.47. The van der Waals surface area contributed by atoms with Gasteiger partial charge in [0.25, 0.3) is 5.91 Å². The maximum atomic E-state index is 14.7. The molecule has 2 saturated heterocycles. The number of hydrogen-bond donors (Lipinski definition) is 2. The van der Waals surface area contributed by atoms with Crippen LogP contribution < -0.4 is 5.32 Å². The normalized spacial score (nSPS) is 24.8. The Bertz CT molecular complexity index is 1510. The van der Waals surface area contributed by atoms with Crippen molar-refractivity contribution < 1.29 is 28.4 Å². The Labute approximate surface area is 230 Å². The van der Waals surface area contributed by atoms with E-state index < -0.39 is 28.8 Å². The Morgan fingerprint density at radius 2 is 1.95 bits per heavy atom. The summed E-state index contributed by atoms with van der Waals surface area (Å²) in [6.07, 6.45) is 2.11. The van der Waals surface area contributed by atoms with Crippen molar-refractivity contribution in [1.29, 1.82) is 0 Å². The number of amides is 3. The van der Waals surface area contributed by atoms with Gasteiger partial charge in [-0.2, -0.15) is 4.98 Å². The topological polar surface area (TPSA) is 129 Å². The Kier molecular flexibility index (Phi) is 6.30. The zero-order valence-corrected chi connectivity index (χ0v) is 22.3. The molecule has 4 heterocycles. The number of carbonyl (C=O) groups is 3. The molecule has 2 atom stereocenters. The first-order valence-electron chi connectivity index (χ1n) is 13.3. The number of halogens is 1. The molecule has 3 aliphatic rings. The van der Waals surface area contributed by atoms with Gasteiger partial charge in [0.2, 0.25) is 24.0 Å². The molecular weight excluding hydrogens is 517 g/mol. The van der Waals surface area contributed by atoms with E-state index in [-0.39, 0.29) is 36.2 Å². The third-order valence-corrected chi connectivity index (χ3v) is 8.57. The fourth-order valence-electron chi connectivity index (χ4n) is 6.31. The second-order valence-electron chi connectivity index (χ2n) is 11.5. The van der Waals surface area contributed by atoms with E-state index >= 15 is 0 Å². The molecule has 1 aromatic heterocycles. The van der Waals surface area contributed by atoms with Gasteiger partial charge in [0.15, 0.2) is 0 Å². The number of hydrogen-bond acceptors (Lipinski definition) is 8. The largest absolute Gasteiger partial charge is 0.385 e. The van der Waals surface area contributed by atoms with Gasteiger partial charge in [-0.25, -0.2) is 4.39 Å². The first-order valence-corrected chi connectivity index (χ1v) is 13.3. The van der Waals surface area contributed by atoms with E-state index in [1.165, 1.54) is 11.0 Å². The van der Waals surface area contributed by atoms with Gasteiger partial charge >= 0.3 is 0 Å². The van der Waals surface area contributed by atoms with Gasteiger partial charge in [-0.15, -0.1) is 0 Å². The molecular formula is C29H30FN5O5. The first kappa shape index (κ1) is 26.3. The van der Waals surface area contributed by atoms with Crippen LogP contribution in [0.2, 0.25) is 0 Å². The fraction of sp³-hybridized carbons (Fsp3) is 0.414. The number of piperidine rings is 2. The molecule has 0 spiro atoms. The summed E-state index contributed by atoms with van der Waals surface area (Å²) in [5.74, 6) is -1.24. The van der Waals surface area contributed by atoms with Crippen molar-refractivity contribution in [2.45, 2.75) is 57.8 Å². The molecule has 3 amide bonds. The minimum absolute atomic E-state index is 0.196. The van der Waals surface area contributed by atoms with Crippen LogP contribution in [-0.4, -0.2) is 61.9 Å². The number of nitrogens with one attached hydrogen (secondary N) is 1. The van der Waals surface area contributed by atoms with Crippen LogP contribution in [-0.2, 0) is 28.3 Å². The average Bonchev–Trinajstić information content (AvgIpc) is 3.54. The van der Waals surface area contributed by atoms with E-state index in [2.05, 4.69) is 20.4 Å². The average molecular weight is 548 g/mol. The molecule has 40 heavy (non-hydrogen) atoms. The van der Waals surface area contributed by atoms with Crippen LogP contribution >= 0.6 is 0 Å². The number of likely N-dealkylation sites (tertiary alicyclic amines) is 1. The van der Waals surface area contributed by atoms with E-state index in [1.807, 2.05) is 26.0 Å². The Hall–Kier alpha value is -3.96. The number of benzene rings is 2. The van der Waals surface area contributed by atoms with E-state index in [1.54, 1.807) is 18.2 Å². The number of nitrogens with zero attached hydrogens (tertiary/aromatic N) is 4. The predicted octanol–water partition coefficient (Wildman–Crippen LogP) is 2.76. The van der Waals surface area contributed by atoms with Crippen LogP contribution in [0.25, 0.3) is 11.4 Å². The molecule has 0 radical (unpaired) electrons. The highest BCUT2D eigenvalue weighted by atomic mass is 19.1. The summed E-state index contributed by atoms with van der Waals surface area (Å²) in [5.41, 5.74) is 1.36. The molecule has 0 saturated carbocycles. The molecule has 2 aromatic carbocycles. The second-order valence-corrected chi connectivity index (χ2v) is 11.5. The molecule has 0 aliphatic carbocycles. The Balaban J connectivity index is 1.17. The molecule has 11 heteroatoms. The minimum atomic E-state index is -1.16. The second kappa shape index (κ2) is 9.60. The van der Waals surface area contributed by atoms with Gasteiger partial charge in [-0.05, 0) is 47.7 Å². The predicted molar refractivity (Wildman–Crippen MR) is 140 cm³/mol. The summed E-state index contributed by atoms with van der Waals surface area (Å²) in [4.78, 5) is 44.7. The lowest BCUT2D eigenvalue weighted by Crippen LogP contribution is -2.55. The van der Waals surface area contributed by atoms with Crippen molar-refractivity contribution in [3.63, 3.8) is 0 Å². The smallest absolute Gasteiger partial charge is 0.255 e. The molecule has 6 rings (SSSR count). The van der Waals surface area contributed by atoms with Crippen LogP contribution in [0.3, 0.4) is 0 Å². The third kappa shape index (κ3) is 4.39. The summed E-state index contributed by atoms with van der Waals surface area (Å²) >= 11 is 0. The molecule has 0 unspecified atom stereocenters. The van der Waals surface area contributed by atoms with Crippen LogP contribution in [0, 0.1) is 11.2 Å². The molecule has 3 aromatic rings. The number of aliphatic hydroxyl groups is 1. The number of rotatable bonds is 5. The van der Waals surface area contributed by atoms with Crippen molar-refractivity contribution in [1.82, 2.24) is 25.3 Å². The van der Waals surface area contributed by atoms with Crippen LogP contribution in [0.1, 0.15) is 60.2 Å². The minimum Gasteiger partial charge on any atom is -0.385 e. The quantitative estimate of drug-likeness (QED) is 0.467.